The smallest absolute Gasteiger partial charge is 0.175 e. The van der Waals surface area contributed by atoms with E-state index in [1.54, 1.807) is 0 Å². The molecule has 0 rings (SSSR count). The largest absolute Gasteiger partial charge is 0.421 e. The summed E-state index contributed by atoms with van der Waals surface area (Å²) in [5.41, 5.74) is 0. The Morgan fingerprint density at radius 3 is 1.77 bits per heavy atom. The summed E-state index contributed by atoms with van der Waals surface area (Å²) < 4.78 is 30.4. The zero-order valence-electron chi connectivity index (χ0n) is 6.84. The van der Waals surface area contributed by atoms with Crippen LogP contribution in [-0.4, -0.2) is 19.9 Å². The minimum atomic E-state index is -3.90. The van der Waals surface area contributed by atoms with Gasteiger partial charge in [-0.3, -0.25) is 0 Å². The van der Waals surface area contributed by atoms with Gasteiger partial charge in [0.05, 0.1) is 0 Å². The minimum absolute atomic E-state index is 0.384. The Morgan fingerprint density at radius 1 is 1.08 bits per heavy atom. The Bertz CT molecular complexity index is 227. The van der Waals surface area contributed by atoms with E-state index >= 15 is 0 Å². The maximum Gasteiger partial charge on any atom is 0.421 e. The SMILES string of the molecule is C=CCSOS(=O)(=O)OSCC=C. The van der Waals surface area contributed by atoms with Gasteiger partial charge in [0.25, 0.3) is 0 Å². The monoisotopic (exact) mass is 242 g/mol. The molecule has 0 unspecified atom stereocenters. The van der Waals surface area contributed by atoms with Crippen molar-refractivity contribution in [2.24, 2.45) is 0 Å². The average molecular weight is 242 g/mol. The van der Waals surface area contributed by atoms with E-state index in [0.717, 1.165) is 24.1 Å². The Morgan fingerprint density at radius 2 is 1.46 bits per heavy atom. The molecule has 0 fully saturated rings. The lowest BCUT2D eigenvalue weighted by molar-refractivity contribution is 0.438. The molecule has 0 N–H and O–H groups in total. The van der Waals surface area contributed by atoms with Gasteiger partial charge < -0.3 is 0 Å². The molecule has 76 valence electrons. The standard InChI is InChI=1S/C6H10O4S3/c1-3-5-11-9-13(7,8)10-12-6-4-2/h3-4H,1-2,5-6H2. The van der Waals surface area contributed by atoms with Gasteiger partial charge in [-0.2, -0.15) is 15.7 Å². The first kappa shape index (κ1) is 13.1. The van der Waals surface area contributed by atoms with Gasteiger partial charge in [-0.05, 0) is 0 Å². The lowest BCUT2D eigenvalue weighted by Gasteiger charge is -2.00. The third kappa shape index (κ3) is 8.38. The second-order valence-electron chi connectivity index (χ2n) is 1.69. The highest BCUT2D eigenvalue weighted by molar-refractivity contribution is 8.08. The van der Waals surface area contributed by atoms with Gasteiger partial charge in [0, 0.05) is 35.6 Å². The van der Waals surface area contributed by atoms with E-state index in [1.165, 1.54) is 12.2 Å². The molecule has 0 atom stereocenters. The van der Waals surface area contributed by atoms with E-state index in [4.69, 9.17) is 0 Å². The van der Waals surface area contributed by atoms with Crippen LogP contribution >= 0.6 is 24.1 Å². The van der Waals surface area contributed by atoms with Crippen molar-refractivity contribution in [3.8, 4) is 0 Å². The first-order valence-corrected chi connectivity index (χ1v) is 6.37. The number of rotatable bonds is 8. The molecule has 0 radical (unpaired) electrons. The summed E-state index contributed by atoms with van der Waals surface area (Å²) in [4.78, 5) is 0. The van der Waals surface area contributed by atoms with Gasteiger partial charge in [0.2, 0.25) is 0 Å². The Balaban J connectivity index is 3.67. The van der Waals surface area contributed by atoms with Crippen LogP contribution in [0.5, 0.6) is 0 Å². The highest BCUT2D eigenvalue weighted by Crippen LogP contribution is 2.15. The maximum absolute atomic E-state index is 10.8. The average Bonchev–Trinajstić information content (AvgIpc) is 2.05. The second-order valence-corrected chi connectivity index (χ2v) is 4.73. The molecule has 7 heteroatoms. The second kappa shape index (κ2) is 7.45. The molecule has 0 aromatic carbocycles. The maximum atomic E-state index is 10.8. The summed E-state index contributed by atoms with van der Waals surface area (Å²) in [6, 6.07) is 0. The number of hydrogen-bond donors (Lipinski definition) is 0. The van der Waals surface area contributed by atoms with Crippen LogP contribution in [0.1, 0.15) is 0 Å². The van der Waals surface area contributed by atoms with Crippen LogP contribution in [0.15, 0.2) is 25.3 Å². The van der Waals surface area contributed by atoms with E-state index in [9.17, 15) is 8.42 Å². The van der Waals surface area contributed by atoms with Gasteiger partial charge in [-0.1, -0.05) is 12.2 Å². The number of hydrogen-bond acceptors (Lipinski definition) is 6. The molecule has 0 aliphatic carbocycles. The Labute approximate surface area is 87.1 Å². The van der Waals surface area contributed by atoms with Gasteiger partial charge >= 0.3 is 10.4 Å². The van der Waals surface area contributed by atoms with Gasteiger partial charge in [-0.15, -0.1) is 13.2 Å². The summed E-state index contributed by atoms with van der Waals surface area (Å²) in [6.07, 6.45) is 3.05. The topological polar surface area (TPSA) is 52.6 Å². The minimum Gasteiger partial charge on any atom is -0.175 e. The van der Waals surface area contributed by atoms with Crippen molar-refractivity contribution in [3.63, 3.8) is 0 Å². The molecule has 4 nitrogen and oxygen atoms in total. The molecule has 0 aliphatic heterocycles. The highest BCUT2D eigenvalue weighted by atomic mass is 32.3. The van der Waals surface area contributed by atoms with E-state index in [2.05, 4.69) is 20.4 Å². The van der Waals surface area contributed by atoms with E-state index in [1.807, 2.05) is 0 Å². The summed E-state index contributed by atoms with van der Waals surface area (Å²) in [5.74, 6) is 0.767. The third-order valence-corrected chi connectivity index (χ3v) is 3.48. The van der Waals surface area contributed by atoms with Crippen molar-refractivity contribution in [2.45, 2.75) is 0 Å². The predicted molar refractivity (Wildman–Crippen MR) is 56.4 cm³/mol. The molecular formula is C6H10O4S3. The molecule has 13 heavy (non-hydrogen) atoms. The fourth-order valence-electron chi connectivity index (χ4n) is 0.281. The van der Waals surface area contributed by atoms with E-state index < -0.39 is 10.4 Å². The molecular weight excluding hydrogens is 232 g/mol. The fraction of sp³-hybridized carbons (Fsp3) is 0.333. The van der Waals surface area contributed by atoms with Crippen LogP contribution in [0.4, 0.5) is 0 Å². The van der Waals surface area contributed by atoms with Crippen molar-refractivity contribution >= 4 is 34.5 Å². The van der Waals surface area contributed by atoms with Crippen molar-refractivity contribution in [3.05, 3.63) is 25.3 Å². The quantitative estimate of drug-likeness (QED) is 0.368. The van der Waals surface area contributed by atoms with E-state index in [-0.39, 0.29) is 0 Å². The molecule has 0 aromatic rings. The summed E-state index contributed by atoms with van der Waals surface area (Å²) in [6.45, 7) is 6.80. The van der Waals surface area contributed by atoms with Crippen LogP contribution in [0.2, 0.25) is 0 Å². The van der Waals surface area contributed by atoms with E-state index in [0.29, 0.717) is 11.5 Å². The molecule has 0 saturated heterocycles. The zero-order chi connectivity index (χ0) is 10.2. The normalized spacial score (nSPS) is 11.1. The predicted octanol–water partition coefficient (Wildman–Crippen LogP) is 1.93. The first-order valence-electron chi connectivity index (χ1n) is 3.21. The van der Waals surface area contributed by atoms with Crippen LogP contribution < -0.4 is 0 Å². The Kier molecular flexibility index (Phi) is 7.48. The molecule has 0 heterocycles. The zero-order valence-corrected chi connectivity index (χ0v) is 9.29. The van der Waals surface area contributed by atoms with Gasteiger partial charge in [-0.25, -0.2) is 0 Å². The van der Waals surface area contributed by atoms with Gasteiger partial charge in [0.1, 0.15) is 0 Å². The molecule has 0 bridgehead atoms. The van der Waals surface area contributed by atoms with Crippen molar-refractivity contribution < 1.29 is 15.7 Å². The van der Waals surface area contributed by atoms with Crippen molar-refractivity contribution in [1.82, 2.24) is 0 Å². The molecule has 0 saturated carbocycles. The molecule has 0 amide bonds. The lowest BCUT2D eigenvalue weighted by atomic mass is 10.8. The summed E-state index contributed by atoms with van der Waals surface area (Å²) in [5, 5.41) is 0. The summed E-state index contributed by atoms with van der Waals surface area (Å²) in [7, 11) is -3.90. The van der Waals surface area contributed by atoms with Crippen LogP contribution in [0.25, 0.3) is 0 Å². The van der Waals surface area contributed by atoms with Crippen LogP contribution in [0, 0.1) is 0 Å². The lowest BCUT2D eigenvalue weighted by Crippen LogP contribution is -2.01. The molecule has 0 spiro atoms. The highest BCUT2D eigenvalue weighted by Gasteiger charge is 2.12. The molecule has 0 aromatic heterocycles. The van der Waals surface area contributed by atoms with Crippen molar-refractivity contribution in [2.75, 3.05) is 11.5 Å². The fourth-order valence-corrected chi connectivity index (χ4v) is 2.16. The molecule has 0 aliphatic rings. The third-order valence-electron chi connectivity index (χ3n) is 0.635. The first-order chi connectivity index (χ1) is 6.12. The van der Waals surface area contributed by atoms with Crippen LogP contribution in [0.3, 0.4) is 0 Å². The van der Waals surface area contributed by atoms with Gasteiger partial charge in [0.15, 0.2) is 0 Å². The Hall–Kier alpha value is 0.0500. The summed E-state index contributed by atoms with van der Waals surface area (Å²) >= 11 is 1.50. The van der Waals surface area contributed by atoms with Crippen molar-refractivity contribution in [1.29, 1.82) is 0 Å². The van der Waals surface area contributed by atoms with Crippen LogP contribution in [-0.2, 0) is 17.7 Å².